The molecule has 0 saturated heterocycles. The summed E-state index contributed by atoms with van der Waals surface area (Å²) in [6.07, 6.45) is 1.78. The van der Waals surface area contributed by atoms with Crippen molar-refractivity contribution in [2.75, 3.05) is 16.8 Å². The van der Waals surface area contributed by atoms with Crippen LogP contribution in [0.4, 0.5) is 21.0 Å². The second-order valence-corrected chi connectivity index (χ2v) is 8.44. The van der Waals surface area contributed by atoms with E-state index in [0.717, 1.165) is 35.4 Å². The molecule has 0 saturated carbocycles. The van der Waals surface area contributed by atoms with Gasteiger partial charge in [0, 0.05) is 22.9 Å². The first-order valence-electron chi connectivity index (χ1n) is 9.03. The summed E-state index contributed by atoms with van der Waals surface area (Å²) in [4.78, 5) is 26.0. The molecule has 2 aliphatic heterocycles. The molecule has 4 rings (SSSR count). The Hall–Kier alpha value is -2.51. The van der Waals surface area contributed by atoms with Gasteiger partial charge in [0.15, 0.2) is 0 Å². The normalized spacial score (nSPS) is 18.8. The van der Waals surface area contributed by atoms with Gasteiger partial charge in [-0.25, -0.2) is 10.2 Å². The maximum Gasteiger partial charge on any atom is 0.326 e. The minimum atomic E-state index is -0.165. The monoisotopic (exact) mass is 414 g/mol. The predicted octanol–water partition coefficient (Wildman–Crippen LogP) is 4.87. The summed E-state index contributed by atoms with van der Waals surface area (Å²) in [5.41, 5.74) is 7.05. The Labute approximate surface area is 172 Å². The third-order valence-corrected chi connectivity index (χ3v) is 5.91. The maximum atomic E-state index is 12.8. The third-order valence-electron chi connectivity index (χ3n) is 4.77. The smallest absolute Gasteiger partial charge is 0.308 e. The molecule has 0 aliphatic carbocycles. The number of nitrogens with one attached hydrogen (secondary N) is 2. The molecule has 144 valence electrons. The van der Waals surface area contributed by atoms with Gasteiger partial charge in [-0.3, -0.25) is 9.69 Å². The standard InChI is InChI=1S/C20H19ClN4O2S/c1-12-18(23-24-20(27)28-12)14-4-9-17-13(11-14)3-2-10-25(17)19(26)22-16-7-5-15(21)6-8-16/h4-9,11-12H,2-3,10H2,1H3,(H,22,26)(H,24,27). The molecule has 3 amide bonds. The summed E-state index contributed by atoms with van der Waals surface area (Å²) in [5.74, 6) is 0. The Morgan fingerprint density at radius 3 is 2.82 bits per heavy atom. The number of hydrogen-bond acceptors (Lipinski definition) is 4. The van der Waals surface area contributed by atoms with Crippen LogP contribution in [0, 0.1) is 0 Å². The van der Waals surface area contributed by atoms with E-state index in [1.165, 1.54) is 11.8 Å². The molecule has 28 heavy (non-hydrogen) atoms. The molecular weight excluding hydrogens is 396 g/mol. The molecule has 6 nitrogen and oxygen atoms in total. The fourth-order valence-electron chi connectivity index (χ4n) is 3.43. The molecule has 2 N–H and O–H groups in total. The number of urea groups is 1. The van der Waals surface area contributed by atoms with Crippen LogP contribution in [0.2, 0.25) is 5.02 Å². The number of halogens is 1. The molecule has 8 heteroatoms. The van der Waals surface area contributed by atoms with Crippen LogP contribution in [0.5, 0.6) is 0 Å². The first-order chi connectivity index (χ1) is 13.5. The number of thioether (sulfide) groups is 1. The van der Waals surface area contributed by atoms with Crippen molar-refractivity contribution in [2.45, 2.75) is 25.0 Å². The molecule has 2 aliphatic rings. The van der Waals surface area contributed by atoms with E-state index in [9.17, 15) is 9.59 Å². The number of rotatable bonds is 2. The molecule has 1 unspecified atom stereocenters. The zero-order valence-corrected chi connectivity index (χ0v) is 16.8. The Kier molecular flexibility index (Phi) is 5.28. The lowest BCUT2D eigenvalue weighted by molar-refractivity contribution is 0.256. The number of anilines is 2. The molecule has 2 heterocycles. The predicted molar refractivity (Wildman–Crippen MR) is 115 cm³/mol. The highest BCUT2D eigenvalue weighted by Crippen LogP contribution is 2.31. The van der Waals surface area contributed by atoms with E-state index in [4.69, 9.17) is 11.6 Å². The number of fused-ring (bicyclic) bond motifs is 1. The van der Waals surface area contributed by atoms with E-state index in [0.29, 0.717) is 17.3 Å². The molecule has 0 radical (unpaired) electrons. The van der Waals surface area contributed by atoms with Crippen molar-refractivity contribution in [1.29, 1.82) is 0 Å². The first-order valence-corrected chi connectivity index (χ1v) is 10.3. The number of carbonyl (C=O) groups is 2. The Bertz CT molecular complexity index is 961. The number of nitrogens with zero attached hydrogens (tertiary/aromatic N) is 2. The van der Waals surface area contributed by atoms with E-state index < -0.39 is 0 Å². The van der Waals surface area contributed by atoms with Crippen molar-refractivity contribution >= 4 is 51.7 Å². The van der Waals surface area contributed by atoms with Crippen LogP contribution >= 0.6 is 23.4 Å². The zero-order chi connectivity index (χ0) is 19.7. The summed E-state index contributed by atoms with van der Waals surface area (Å²) in [6.45, 7) is 2.63. The van der Waals surface area contributed by atoms with Crippen LogP contribution in [-0.2, 0) is 6.42 Å². The highest BCUT2D eigenvalue weighted by Gasteiger charge is 2.26. The lowest BCUT2D eigenvalue weighted by Gasteiger charge is -2.30. The quantitative estimate of drug-likeness (QED) is 0.735. The number of amides is 3. The summed E-state index contributed by atoms with van der Waals surface area (Å²) < 4.78 is 0. The van der Waals surface area contributed by atoms with Gasteiger partial charge in [0.1, 0.15) is 0 Å². The number of benzene rings is 2. The molecule has 2 aromatic rings. The fourth-order valence-corrected chi connectivity index (χ4v) is 4.28. The van der Waals surface area contributed by atoms with Gasteiger partial charge in [-0.05, 0) is 67.3 Å². The van der Waals surface area contributed by atoms with Gasteiger partial charge in [0.05, 0.1) is 11.0 Å². The molecule has 0 aromatic heterocycles. The average molecular weight is 415 g/mol. The van der Waals surface area contributed by atoms with Gasteiger partial charge in [-0.2, -0.15) is 5.10 Å². The van der Waals surface area contributed by atoms with Crippen LogP contribution in [0.3, 0.4) is 0 Å². The van der Waals surface area contributed by atoms with Gasteiger partial charge < -0.3 is 5.32 Å². The Balaban J connectivity index is 1.57. The van der Waals surface area contributed by atoms with Gasteiger partial charge >= 0.3 is 6.03 Å². The van der Waals surface area contributed by atoms with Gasteiger partial charge in [-0.15, -0.1) is 0 Å². The lowest BCUT2D eigenvalue weighted by atomic mass is 9.97. The highest BCUT2D eigenvalue weighted by molar-refractivity contribution is 8.14. The van der Waals surface area contributed by atoms with Gasteiger partial charge in [0.2, 0.25) is 0 Å². The number of carbonyl (C=O) groups excluding carboxylic acids is 2. The molecular formula is C20H19ClN4O2S. The van der Waals surface area contributed by atoms with Crippen molar-refractivity contribution < 1.29 is 9.59 Å². The SMILES string of the molecule is CC1SC(=O)NN=C1c1ccc2c(c1)CCCN2C(=O)Nc1ccc(Cl)cc1. The van der Waals surface area contributed by atoms with Crippen molar-refractivity contribution in [3.05, 3.63) is 58.6 Å². The zero-order valence-electron chi connectivity index (χ0n) is 15.2. The largest absolute Gasteiger partial charge is 0.326 e. The van der Waals surface area contributed by atoms with Crippen LogP contribution < -0.4 is 15.6 Å². The van der Waals surface area contributed by atoms with Crippen LogP contribution in [0.15, 0.2) is 47.6 Å². The summed E-state index contributed by atoms with van der Waals surface area (Å²) in [6, 6.07) is 12.9. The van der Waals surface area contributed by atoms with Crippen molar-refractivity contribution in [2.24, 2.45) is 5.10 Å². The average Bonchev–Trinajstić information content (AvgIpc) is 2.69. The Morgan fingerprint density at radius 1 is 1.29 bits per heavy atom. The number of hydrogen-bond donors (Lipinski definition) is 2. The van der Waals surface area contributed by atoms with Crippen molar-refractivity contribution in [3.8, 4) is 0 Å². The number of aryl methyl sites for hydroxylation is 1. The summed E-state index contributed by atoms with van der Waals surface area (Å²) in [7, 11) is 0. The summed E-state index contributed by atoms with van der Waals surface area (Å²) in [5, 5.41) is 7.62. The van der Waals surface area contributed by atoms with Crippen molar-refractivity contribution in [3.63, 3.8) is 0 Å². The van der Waals surface area contributed by atoms with E-state index >= 15 is 0 Å². The molecule has 0 bridgehead atoms. The van der Waals surface area contributed by atoms with Gasteiger partial charge in [-0.1, -0.05) is 29.4 Å². The fraction of sp³-hybridized carbons (Fsp3) is 0.250. The van der Waals surface area contributed by atoms with E-state index in [1.54, 1.807) is 29.2 Å². The topological polar surface area (TPSA) is 73.8 Å². The molecule has 0 spiro atoms. The molecule has 0 fully saturated rings. The lowest BCUT2D eigenvalue weighted by Crippen LogP contribution is -2.39. The maximum absolute atomic E-state index is 12.8. The van der Waals surface area contributed by atoms with E-state index in [1.807, 2.05) is 19.1 Å². The van der Waals surface area contributed by atoms with Crippen LogP contribution in [0.1, 0.15) is 24.5 Å². The second-order valence-electron chi connectivity index (χ2n) is 6.69. The van der Waals surface area contributed by atoms with Crippen LogP contribution in [0.25, 0.3) is 0 Å². The highest BCUT2D eigenvalue weighted by atomic mass is 35.5. The second kappa shape index (κ2) is 7.85. The molecule has 1 atom stereocenters. The van der Waals surface area contributed by atoms with Gasteiger partial charge in [0.25, 0.3) is 5.24 Å². The Morgan fingerprint density at radius 2 is 2.07 bits per heavy atom. The number of hydrazone groups is 1. The van der Waals surface area contributed by atoms with E-state index in [-0.39, 0.29) is 16.5 Å². The third kappa shape index (κ3) is 3.86. The minimum absolute atomic E-state index is 0.0142. The summed E-state index contributed by atoms with van der Waals surface area (Å²) >= 11 is 7.13. The first kappa shape index (κ1) is 18.8. The minimum Gasteiger partial charge on any atom is -0.308 e. The van der Waals surface area contributed by atoms with E-state index in [2.05, 4.69) is 21.9 Å². The molecule has 2 aromatic carbocycles. The van der Waals surface area contributed by atoms with Crippen LogP contribution in [-0.4, -0.2) is 28.8 Å². The van der Waals surface area contributed by atoms with Crippen molar-refractivity contribution in [1.82, 2.24) is 5.43 Å².